The van der Waals surface area contributed by atoms with Crippen molar-refractivity contribution in [3.8, 4) is 0 Å². The second kappa shape index (κ2) is 10.3. The van der Waals surface area contributed by atoms with Gasteiger partial charge in [-0.2, -0.15) is 0 Å². The number of pyridine rings is 1. The zero-order valence-electron chi connectivity index (χ0n) is 16.0. The van der Waals surface area contributed by atoms with Crippen LogP contribution in [0.5, 0.6) is 0 Å². The molecule has 0 unspecified atom stereocenters. The number of urea groups is 1. The summed E-state index contributed by atoms with van der Waals surface area (Å²) >= 11 is 1.64. The van der Waals surface area contributed by atoms with Crippen LogP contribution in [0.3, 0.4) is 0 Å². The highest BCUT2D eigenvalue weighted by molar-refractivity contribution is 7.98. The number of rotatable bonds is 7. The number of nitrogens with one attached hydrogen (secondary N) is 3. The Kier molecular flexibility index (Phi) is 7.24. The number of hydrogen-bond donors (Lipinski definition) is 3. The van der Waals surface area contributed by atoms with Crippen LogP contribution in [0, 0.1) is 0 Å². The third kappa shape index (κ3) is 6.97. The molecule has 0 atom stereocenters. The largest absolute Gasteiger partial charge is 0.334 e. The monoisotopic (exact) mass is 406 g/mol. The first kappa shape index (κ1) is 20.4. The fourth-order valence-corrected chi connectivity index (χ4v) is 3.45. The van der Waals surface area contributed by atoms with E-state index in [0.717, 1.165) is 27.6 Å². The topological polar surface area (TPSA) is 83.1 Å². The molecule has 3 rings (SSSR count). The molecule has 6 nitrogen and oxygen atoms in total. The lowest BCUT2D eigenvalue weighted by atomic mass is 10.2. The molecular formula is C22H22N4O2S. The lowest BCUT2D eigenvalue weighted by Gasteiger charge is -2.10. The molecule has 1 heterocycles. The SMILES string of the molecule is CC(=O)Nc1cccc(CNC(=O)Nc2cccc(CSc3ccccn3)c2)c1. The van der Waals surface area contributed by atoms with E-state index in [9.17, 15) is 9.59 Å². The van der Waals surface area contributed by atoms with Gasteiger partial charge in [-0.1, -0.05) is 30.3 Å². The van der Waals surface area contributed by atoms with E-state index >= 15 is 0 Å². The molecule has 3 amide bonds. The molecule has 0 bridgehead atoms. The van der Waals surface area contributed by atoms with Gasteiger partial charge in [-0.05, 0) is 47.5 Å². The predicted octanol–water partition coefficient (Wildman–Crippen LogP) is 4.65. The normalized spacial score (nSPS) is 10.2. The second-order valence-electron chi connectivity index (χ2n) is 6.35. The first-order valence-electron chi connectivity index (χ1n) is 9.12. The first-order valence-corrected chi connectivity index (χ1v) is 10.1. The van der Waals surface area contributed by atoms with E-state index in [1.54, 1.807) is 24.0 Å². The van der Waals surface area contributed by atoms with Crippen molar-refractivity contribution < 1.29 is 9.59 Å². The second-order valence-corrected chi connectivity index (χ2v) is 7.34. The van der Waals surface area contributed by atoms with Gasteiger partial charge in [0.25, 0.3) is 0 Å². The van der Waals surface area contributed by atoms with Crippen LogP contribution in [0.1, 0.15) is 18.1 Å². The van der Waals surface area contributed by atoms with Crippen LogP contribution in [0.2, 0.25) is 0 Å². The fraction of sp³-hybridized carbons (Fsp3) is 0.136. The summed E-state index contributed by atoms with van der Waals surface area (Å²) in [6.45, 7) is 1.82. The summed E-state index contributed by atoms with van der Waals surface area (Å²) in [6, 6.07) is 20.6. The Balaban J connectivity index is 1.51. The average Bonchev–Trinajstić information content (AvgIpc) is 2.72. The van der Waals surface area contributed by atoms with Crippen LogP contribution in [-0.4, -0.2) is 16.9 Å². The Bertz CT molecular complexity index is 979. The molecule has 0 spiro atoms. The van der Waals surface area contributed by atoms with Crippen LogP contribution >= 0.6 is 11.8 Å². The summed E-state index contributed by atoms with van der Waals surface area (Å²) in [5.41, 5.74) is 3.43. The summed E-state index contributed by atoms with van der Waals surface area (Å²) in [6.07, 6.45) is 1.77. The molecule has 3 aromatic rings. The summed E-state index contributed by atoms with van der Waals surface area (Å²) in [5, 5.41) is 9.37. The number of nitrogens with zero attached hydrogens (tertiary/aromatic N) is 1. The molecule has 0 aliphatic heterocycles. The summed E-state index contributed by atoms with van der Waals surface area (Å²) < 4.78 is 0. The standard InChI is InChI=1S/C22H22N4O2S/c1-16(27)25-19-8-4-6-17(12-19)14-24-22(28)26-20-9-5-7-18(13-20)15-29-21-10-2-3-11-23-21/h2-13H,14-15H2,1H3,(H,25,27)(H2,24,26,28). The molecule has 1 aromatic heterocycles. The molecule has 0 aliphatic rings. The number of carbonyl (C=O) groups is 2. The van der Waals surface area contributed by atoms with Crippen LogP contribution < -0.4 is 16.0 Å². The van der Waals surface area contributed by atoms with Crippen molar-refractivity contribution in [1.29, 1.82) is 0 Å². The third-order valence-electron chi connectivity index (χ3n) is 3.91. The minimum Gasteiger partial charge on any atom is -0.334 e. The molecule has 29 heavy (non-hydrogen) atoms. The molecule has 0 fully saturated rings. The highest BCUT2D eigenvalue weighted by atomic mass is 32.2. The minimum absolute atomic E-state index is 0.131. The number of carbonyl (C=O) groups excluding carboxylic acids is 2. The minimum atomic E-state index is -0.288. The van der Waals surface area contributed by atoms with Gasteiger partial charge in [0.2, 0.25) is 5.91 Å². The Morgan fingerprint density at radius 3 is 2.34 bits per heavy atom. The quantitative estimate of drug-likeness (QED) is 0.499. The molecule has 148 valence electrons. The van der Waals surface area contributed by atoms with Crippen molar-refractivity contribution in [3.63, 3.8) is 0 Å². The fourth-order valence-electron chi connectivity index (χ4n) is 2.65. The molecule has 0 aliphatic carbocycles. The van der Waals surface area contributed by atoms with Gasteiger partial charge < -0.3 is 16.0 Å². The van der Waals surface area contributed by atoms with E-state index in [-0.39, 0.29) is 11.9 Å². The molecule has 2 aromatic carbocycles. The van der Waals surface area contributed by atoms with Gasteiger partial charge in [0.1, 0.15) is 0 Å². The van der Waals surface area contributed by atoms with Gasteiger partial charge in [0.15, 0.2) is 0 Å². The van der Waals surface area contributed by atoms with E-state index in [1.165, 1.54) is 6.92 Å². The van der Waals surface area contributed by atoms with Gasteiger partial charge in [0.05, 0.1) is 5.03 Å². The van der Waals surface area contributed by atoms with E-state index < -0.39 is 0 Å². The average molecular weight is 407 g/mol. The van der Waals surface area contributed by atoms with Gasteiger partial charge in [-0.15, -0.1) is 11.8 Å². The number of aromatic nitrogens is 1. The zero-order chi connectivity index (χ0) is 20.5. The van der Waals surface area contributed by atoms with Crippen molar-refractivity contribution >= 4 is 35.1 Å². The first-order chi connectivity index (χ1) is 14.1. The maximum Gasteiger partial charge on any atom is 0.319 e. The number of anilines is 2. The molecule has 7 heteroatoms. The third-order valence-corrected chi connectivity index (χ3v) is 4.92. The van der Waals surface area contributed by atoms with Crippen LogP contribution in [0.15, 0.2) is 78.0 Å². The molecule has 3 N–H and O–H groups in total. The number of hydrogen-bond acceptors (Lipinski definition) is 4. The predicted molar refractivity (Wildman–Crippen MR) is 117 cm³/mol. The summed E-state index contributed by atoms with van der Waals surface area (Å²) in [7, 11) is 0. The zero-order valence-corrected chi connectivity index (χ0v) is 16.8. The van der Waals surface area contributed by atoms with Crippen LogP contribution in [-0.2, 0) is 17.1 Å². The number of thioether (sulfide) groups is 1. The number of benzene rings is 2. The summed E-state index contributed by atoms with van der Waals surface area (Å²) in [5.74, 6) is 0.637. The van der Waals surface area contributed by atoms with E-state index in [2.05, 4.69) is 20.9 Å². The van der Waals surface area contributed by atoms with E-state index in [1.807, 2.05) is 60.7 Å². The lowest BCUT2D eigenvalue weighted by molar-refractivity contribution is -0.114. The maximum absolute atomic E-state index is 12.2. The maximum atomic E-state index is 12.2. The highest BCUT2D eigenvalue weighted by Gasteiger charge is 2.05. The highest BCUT2D eigenvalue weighted by Crippen LogP contribution is 2.22. The Morgan fingerprint density at radius 1 is 0.897 bits per heavy atom. The molecule has 0 saturated carbocycles. The number of amides is 3. The van der Waals surface area contributed by atoms with Gasteiger partial charge in [-0.25, -0.2) is 9.78 Å². The van der Waals surface area contributed by atoms with Crippen LogP contribution in [0.25, 0.3) is 0 Å². The lowest BCUT2D eigenvalue weighted by Crippen LogP contribution is -2.28. The van der Waals surface area contributed by atoms with Crippen molar-refractivity contribution in [3.05, 3.63) is 84.1 Å². The van der Waals surface area contributed by atoms with Gasteiger partial charge >= 0.3 is 6.03 Å². The summed E-state index contributed by atoms with van der Waals surface area (Å²) in [4.78, 5) is 27.7. The smallest absolute Gasteiger partial charge is 0.319 e. The van der Waals surface area contributed by atoms with Crippen molar-refractivity contribution in [1.82, 2.24) is 10.3 Å². The van der Waals surface area contributed by atoms with E-state index in [4.69, 9.17) is 0 Å². The van der Waals surface area contributed by atoms with Gasteiger partial charge in [-0.3, -0.25) is 4.79 Å². The van der Waals surface area contributed by atoms with Crippen molar-refractivity contribution in [2.75, 3.05) is 10.6 Å². The molecule has 0 radical (unpaired) electrons. The molecular weight excluding hydrogens is 384 g/mol. The van der Waals surface area contributed by atoms with Crippen LogP contribution in [0.4, 0.5) is 16.2 Å². The van der Waals surface area contributed by atoms with Gasteiger partial charge in [0, 0.05) is 36.8 Å². The molecule has 0 saturated heterocycles. The van der Waals surface area contributed by atoms with E-state index in [0.29, 0.717) is 12.2 Å². The van der Waals surface area contributed by atoms with Crippen molar-refractivity contribution in [2.24, 2.45) is 0 Å². The Labute approximate surface area is 174 Å². The Morgan fingerprint density at radius 2 is 1.62 bits per heavy atom. The Hall–Kier alpha value is -3.32. The van der Waals surface area contributed by atoms with Crippen molar-refractivity contribution in [2.45, 2.75) is 24.2 Å².